The van der Waals surface area contributed by atoms with Crippen molar-refractivity contribution in [3.63, 3.8) is 0 Å². The van der Waals surface area contributed by atoms with Crippen molar-refractivity contribution in [3.8, 4) is 0 Å². The van der Waals surface area contributed by atoms with Crippen molar-refractivity contribution in [1.82, 2.24) is 10.2 Å². The van der Waals surface area contributed by atoms with Crippen molar-refractivity contribution in [2.45, 2.75) is 65.1 Å². The van der Waals surface area contributed by atoms with Gasteiger partial charge in [0, 0.05) is 25.0 Å². The first kappa shape index (κ1) is 19.7. The Hall–Kier alpha value is -1.31. The molecule has 1 aliphatic rings. The Morgan fingerprint density at radius 1 is 1.30 bits per heavy atom. The lowest BCUT2D eigenvalue weighted by molar-refractivity contribution is -0.121. The molecular formula is C15H28N2O5S. The fourth-order valence-electron chi connectivity index (χ4n) is 2.31. The maximum atomic E-state index is 12.1. The number of carbonyl (C=O) groups excluding carboxylic acids is 2. The maximum absolute atomic E-state index is 12.1. The minimum Gasteiger partial charge on any atom is -0.444 e. The third-order valence-corrected chi connectivity index (χ3v) is 5.20. The Balaban J connectivity index is 2.49. The van der Waals surface area contributed by atoms with E-state index >= 15 is 0 Å². The summed E-state index contributed by atoms with van der Waals surface area (Å²) in [7, 11) is -3.02. The van der Waals surface area contributed by atoms with Gasteiger partial charge in [-0.3, -0.25) is 4.79 Å². The van der Waals surface area contributed by atoms with E-state index in [-0.39, 0.29) is 42.5 Å². The van der Waals surface area contributed by atoms with Gasteiger partial charge in [0.25, 0.3) is 0 Å². The molecule has 8 heteroatoms. The molecule has 1 atom stereocenters. The predicted octanol–water partition coefficient (Wildman–Crippen LogP) is 1.33. The Morgan fingerprint density at radius 3 is 2.35 bits per heavy atom. The SMILES string of the molecule is CC(C)N(CCC(=O)N[C@@H]1CCS(=O)(=O)C1)C(=O)OC(C)(C)C. The van der Waals surface area contributed by atoms with E-state index in [1.165, 1.54) is 4.90 Å². The van der Waals surface area contributed by atoms with E-state index in [1.54, 1.807) is 20.8 Å². The van der Waals surface area contributed by atoms with Crippen molar-refractivity contribution in [1.29, 1.82) is 0 Å². The highest BCUT2D eigenvalue weighted by atomic mass is 32.2. The lowest BCUT2D eigenvalue weighted by atomic mass is 10.2. The molecule has 0 spiro atoms. The number of rotatable bonds is 5. The molecule has 1 rings (SSSR count). The highest BCUT2D eigenvalue weighted by Gasteiger charge is 2.29. The molecule has 0 aromatic rings. The summed E-state index contributed by atoms with van der Waals surface area (Å²) in [6.07, 6.45) is 0.117. The molecule has 2 amide bonds. The highest BCUT2D eigenvalue weighted by molar-refractivity contribution is 7.91. The number of hydrogen-bond donors (Lipinski definition) is 1. The molecule has 0 radical (unpaired) electrons. The van der Waals surface area contributed by atoms with Crippen molar-refractivity contribution in [3.05, 3.63) is 0 Å². The Morgan fingerprint density at radius 2 is 1.91 bits per heavy atom. The smallest absolute Gasteiger partial charge is 0.410 e. The second-order valence-electron chi connectivity index (χ2n) is 7.18. The average Bonchev–Trinajstić information content (AvgIpc) is 2.65. The second-order valence-corrected chi connectivity index (χ2v) is 9.41. The van der Waals surface area contributed by atoms with Crippen LogP contribution >= 0.6 is 0 Å². The minimum absolute atomic E-state index is 0.00129. The summed E-state index contributed by atoms with van der Waals surface area (Å²) >= 11 is 0. The van der Waals surface area contributed by atoms with Crippen LogP contribution in [0.4, 0.5) is 4.79 Å². The lowest BCUT2D eigenvalue weighted by Crippen LogP contribution is -2.43. The van der Waals surface area contributed by atoms with Crippen molar-refractivity contribution in [2.24, 2.45) is 0 Å². The number of hydrogen-bond acceptors (Lipinski definition) is 5. The molecule has 7 nitrogen and oxygen atoms in total. The van der Waals surface area contributed by atoms with E-state index in [0.29, 0.717) is 6.42 Å². The normalized spacial score (nSPS) is 20.3. The van der Waals surface area contributed by atoms with Crippen LogP contribution < -0.4 is 5.32 Å². The Kier molecular flexibility index (Phi) is 6.44. The van der Waals surface area contributed by atoms with Crippen LogP contribution in [0.2, 0.25) is 0 Å². The van der Waals surface area contributed by atoms with Gasteiger partial charge in [-0.1, -0.05) is 0 Å². The number of sulfone groups is 1. The predicted molar refractivity (Wildman–Crippen MR) is 87.9 cm³/mol. The van der Waals surface area contributed by atoms with Crippen LogP contribution in [-0.2, 0) is 19.4 Å². The molecule has 1 aliphatic heterocycles. The Labute approximate surface area is 138 Å². The molecule has 0 aromatic heterocycles. The first-order valence-corrected chi connectivity index (χ1v) is 9.71. The van der Waals surface area contributed by atoms with E-state index in [4.69, 9.17) is 4.74 Å². The average molecular weight is 348 g/mol. The maximum Gasteiger partial charge on any atom is 0.410 e. The highest BCUT2D eigenvalue weighted by Crippen LogP contribution is 2.13. The van der Waals surface area contributed by atoms with E-state index in [9.17, 15) is 18.0 Å². The van der Waals surface area contributed by atoms with E-state index in [1.807, 2.05) is 13.8 Å². The summed E-state index contributed by atoms with van der Waals surface area (Å²) in [6.45, 7) is 9.30. The summed E-state index contributed by atoms with van der Waals surface area (Å²) in [5, 5.41) is 2.72. The topological polar surface area (TPSA) is 92.8 Å². The third kappa shape index (κ3) is 7.20. The zero-order chi connectivity index (χ0) is 17.8. The molecule has 0 saturated carbocycles. The molecule has 134 valence electrons. The molecule has 0 aliphatic carbocycles. The fourth-order valence-corrected chi connectivity index (χ4v) is 3.98. The van der Waals surface area contributed by atoms with Gasteiger partial charge >= 0.3 is 6.09 Å². The van der Waals surface area contributed by atoms with Gasteiger partial charge in [-0.2, -0.15) is 0 Å². The monoisotopic (exact) mass is 348 g/mol. The first-order valence-electron chi connectivity index (χ1n) is 7.89. The van der Waals surface area contributed by atoms with Crippen molar-refractivity contribution < 1.29 is 22.7 Å². The Bertz CT molecular complexity index is 537. The van der Waals surface area contributed by atoms with Gasteiger partial charge < -0.3 is 15.0 Å². The van der Waals surface area contributed by atoms with Crippen LogP contribution in [0.5, 0.6) is 0 Å². The molecule has 1 N–H and O–H groups in total. The molecule has 23 heavy (non-hydrogen) atoms. The molecule has 1 saturated heterocycles. The van der Waals surface area contributed by atoms with Gasteiger partial charge in [-0.15, -0.1) is 0 Å². The second kappa shape index (κ2) is 7.51. The standard InChI is InChI=1S/C15H28N2O5S/c1-11(2)17(14(19)22-15(3,4)5)8-6-13(18)16-12-7-9-23(20,21)10-12/h11-12H,6-10H2,1-5H3,(H,16,18)/t12-/m1/s1. The van der Waals surface area contributed by atoms with Crippen LogP contribution in [0.25, 0.3) is 0 Å². The lowest BCUT2D eigenvalue weighted by Gasteiger charge is -2.30. The van der Waals surface area contributed by atoms with Crippen LogP contribution in [0.15, 0.2) is 0 Å². The summed E-state index contributed by atoms with van der Waals surface area (Å²) in [5.74, 6) is -0.131. The van der Waals surface area contributed by atoms with Crippen molar-refractivity contribution >= 4 is 21.8 Å². The minimum atomic E-state index is -3.02. The van der Waals surface area contributed by atoms with E-state index in [0.717, 1.165) is 0 Å². The molecule has 0 unspecified atom stereocenters. The van der Waals surface area contributed by atoms with E-state index < -0.39 is 21.5 Å². The zero-order valence-corrected chi connectivity index (χ0v) is 15.4. The molecule has 0 bridgehead atoms. The van der Waals surface area contributed by atoms with Gasteiger partial charge in [0.2, 0.25) is 5.91 Å². The number of nitrogens with one attached hydrogen (secondary N) is 1. The fraction of sp³-hybridized carbons (Fsp3) is 0.867. The summed E-state index contributed by atoms with van der Waals surface area (Å²) in [6, 6.07) is -0.411. The summed E-state index contributed by atoms with van der Waals surface area (Å²) in [5.41, 5.74) is -0.593. The molecule has 1 fully saturated rings. The van der Waals surface area contributed by atoms with Gasteiger partial charge in [0.15, 0.2) is 9.84 Å². The van der Waals surface area contributed by atoms with Gasteiger partial charge in [-0.25, -0.2) is 13.2 Å². The van der Waals surface area contributed by atoms with Gasteiger partial charge in [-0.05, 0) is 41.0 Å². The van der Waals surface area contributed by atoms with Crippen LogP contribution in [0, 0.1) is 0 Å². The van der Waals surface area contributed by atoms with Crippen molar-refractivity contribution in [2.75, 3.05) is 18.1 Å². The first-order chi connectivity index (χ1) is 10.4. The van der Waals surface area contributed by atoms with Crippen LogP contribution in [0.3, 0.4) is 0 Å². The zero-order valence-electron chi connectivity index (χ0n) is 14.6. The number of carbonyl (C=O) groups is 2. The number of amides is 2. The summed E-state index contributed by atoms with van der Waals surface area (Å²) in [4.78, 5) is 25.6. The molecule has 1 heterocycles. The van der Waals surface area contributed by atoms with Gasteiger partial charge in [0.05, 0.1) is 11.5 Å². The third-order valence-electron chi connectivity index (χ3n) is 3.43. The summed E-state index contributed by atoms with van der Waals surface area (Å²) < 4.78 is 28.1. The largest absolute Gasteiger partial charge is 0.444 e. The molecular weight excluding hydrogens is 320 g/mol. The van der Waals surface area contributed by atoms with Gasteiger partial charge in [0.1, 0.15) is 5.60 Å². The number of ether oxygens (including phenoxy) is 1. The molecule has 0 aromatic carbocycles. The quantitative estimate of drug-likeness (QED) is 0.809. The number of nitrogens with zero attached hydrogens (tertiary/aromatic N) is 1. The van der Waals surface area contributed by atoms with E-state index in [2.05, 4.69) is 5.32 Å². The van der Waals surface area contributed by atoms with Crippen LogP contribution in [-0.4, -0.2) is 61.1 Å². The van der Waals surface area contributed by atoms with Crippen LogP contribution in [0.1, 0.15) is 47.5 Å².